The molecule has 0 bridgehead atoms. The summed E-state index contributed by atoms with van der Waals surface area (Å²) in [6.45, 7) is 2.06. The molecule has 0 heterocycles. The van der Waals surface area contributed by atoms with Crippen LogP contribution in [-0.4, -0.2) is 0 Å². The minimum Gasteiger partial charge on any atom is -0.317 e. The summed E-state index contributed by atoms with van der Waals surface area (Å²) in [7, 11) is 0. The quantitative estimate of drug-likeness (QED) is 0.149. The van der Waals surface area contributed by atoms with Crippen molar-refractivity contribution in [3.8, 4) is 0 Å². The molecule has 0 N–H and O–H groups in total. The van der Waals surface area contributed by atoms with Crippen molar-refractivity contribution in [1.82, 2.24) is 0 Å². The number of rotatable bonds is 9. The molecular weight excluding hydrogens is 568 g/mol. The lowest BCUT2D eigenvalue weighted by molar-refractivity contribution is 0.627. The minimum atomic E-state index is -0.309. The standard InChI is InChI=1S/C43H33F2N/c1-32-15-27-40(28-16-32)46(31-43(36-19-23-38(44)24-20-36)37-21-25-39(45)26-22-37)41-29-17-33(18-30-41)9-8-14-42(34-10-4-2-5-11-34)35-12-6-3-7-13-35/h2-31H,1H3. The summed E-state index contributed by atoms with van der Waals surface area (Å²) in [5.74, 6) is -0.619. The first-order valence-corrected chi connectivity index (χ1v) is 15.2. The summed E-state index contributed by atoms with van der Waals surface area (Å²) in [5.41, 5.74) is 10.1. The second-order valence-electron chi connectivity index (χ2n) is 11.0. The third-order valence-electron chi connectivity index (χ3n) is 7.77. The molecule has 0 unspecified atom stereocenters. The number of hydrogen-bond donors (Lipinski definition) is 0. The minimum absolute atomic E-state index is 0.309. The number of nitrogens with zero attached hydrogens (tertiary/aromatic N) is 1. The van der Waals surface area contributed by atoms with Gasteiger partial charge < -0.3 is 4.90 Å². The molecule has 0 aliphatic rings. The van der Waals surface area contributed by atoms with E-state index in [4.69, 9.17) is 0 Å². The number of anilines is 2. The van der Waals surface area contributed by atoms with Gasteiger partial charge in [-0.1, -0.05) is 133 Å². The second-order valence-corrected chi connectivity index (χ2v) is 11.0. The molecule has 0 atom stereocenters. The van der Waals surface area contributed by atoms with Crippen LogP contribution in [-0.2, 0) is 0 Å². The summed E-state index contributed by atoms with van der Waals surface area (Å²) in [5, 5.41) is 0. The molecule has 0 amide bonds. The van der Waals surface area contributed by atoms with Crippen LogP contribution in [0.3, 0.4) is 0 Å². The van der Waals surface area contributed by atoms with E-state index in [2.05, 4.69) is 127 Å². The van der Waals surface area contributed by atoms with Crippen molar-refractivity contribution in [2.24, 2.45) is 0 Å². The molecule has 0 aliphatic heterocycles. The second kappa shape index (κ2) is 14.3. The van der Waals surface area contributed by atoms with Crippen LogP contribution in [0.5, 0.6) is 0 Å². The zero-order valence-corrected chi connectivity index (χ0v) is 25.5. The van der Waals surface area contributed by atoms with E-state index in [-0.39, 0.29) is 11.6 Å². The fourth-order valence-electron chi connectivity index (χ4n) is 5.30. The monoisotopic (exact) mass is 601 g/mol. The highest BCUT2D eigenvalue weighted by atomic mass is 19.1. The van der Waals surface area contributed by atoms with E-state index < -0.39 is 0 Å². The van der Waals surface area contributed by atoms with Gasteiger partial charge in [0.25, 0.3) is 0 Å². The van der Waals surface area contributed by atoms with Gasteiger partial charge in [-0.15, -0.1) is 0 Å². The lowest BCUT2D eigenvalue weighted by Crippen LogP contribution is -2.10. The third kappa shape index (κ3) is 7.46. The van der Waals surface area contributed by atoms with Crippen molar-refractivity contribution in [3.63, 3.8) is 0 Å². The maximum absolute atomic E-state index is 13.9. The first-order valence-electron chi connectivity index (χ1n) is 15.2. The van der Waals surface area contributed by atoms with Crippen LogP contribution in [0.2, 0.25) is 0 Å². The number of hydrogen-bond acceptors (Lipinski definition) is 1. The first kappa shape index (κ1) is 30.2. The Bertz CT molecular complexity index is 1870. The van der Waals surface area contributed by atoms with E-state index in [1.807, 2.05) is 18.3 Å². The Balaban J connectivity index is 1.37. The van der Waals surface area contributed by atoms with Crippen LogP contribution >= 0.6 is 0 Å². The van der Waals surface area contributed by atoms with Crippen LogP contribution in [0.15, 0.2) is 176 Å². The van der Waals surface area contributed by atoms with Gasteiger partial charge in [0.05, 0.1) is 0 Å². The van der Waals surface area contributed by atoms with Gasteiger partial charge in [0.2, 0.25) is 0 Å². The molecule has 1 nitrogen and oxygen atoms in total. The molecule has 0 spiro atoms. The molecule has 6 aromatic rings. The van der Waals surface area contributed by atoms with Crippen LogP contribution < -0.4 is 4.90 Å². The lowest BCUT2D eigenvalue weighted by Gasteiger charge is -2.24. The maximum atomic E-state index is 13.9. The molecule has 0 aliphatic carbocycles. The highest BCUT2D eigenvalue weighted by Gasteiger charge is 2.13. The van der Waals surface area contributed by atoms with Crippen LogP contribution in [0.1, 0.15) is 33.4 Å². The Hall–Kier alpha value is -5.80. The van der Waals surface area contributed by atoms with Gasteiger partial charge in [-0.2, -0.15) is 0 Å². The van der Waals surface area contributed by atoms with E-state index in [1.54, 1.807) is 24.3 Å². The van der Waals surface area contributed by atoms with E-state index in [9.17, 15) is 8.78 Å². The summed E-state index contributed by atoms with van der Waals surface area (Å²) in [6, 6.07) is 50.2. The molecule has 3 heteroatoms. The molecule has 6 aromatic carbocycles. The highest BCUT2D eigenvalue weighted by molar-refractivity contribution is 5.84. The van der Waals surface area contributed by atoms with Crippen LogP contribution in [0.4, 0.5) is 20.2 Å². The Morgan fingerprint density at radius 3 is 1.39 bits per heavy atom. The number of benzene rings is 6. The number of halogens is 2. The lowest BCUT2D eigenvalue weighted by atomic mass is 9.97. The predicted molar refractivity (Wildman–Crippen MR) is 189 cm³/mol. The molecule has 0 fully saturated rings. The normalized spacial score (nSPS) is 10.8. The van der Waals surface area contributed by atoms with Crippen molar-refractivity contribution in [2.75, 3.05) is 4.90 Å². The Labute approximate surface area is 269 Å². The topological polar surface area (TPSA) is 3.24 Å². The fourth-order valence-corrected chi connectivity index (χ4v) is 5.30. The van der Waals surface area contributed by atoms with E-state index in [0.29, 0.717) is 0 Å². The van der Waals surface area contributed by atoms with Gasteiger partial charge in [-0.3, -0.25) is 0 Å². The van der Waals surface area contributed by atoms with E-state index >= 15 is 0 Å². The zero-order chi connectivity index (χ0) is 31.7. The molecule has 224 valence electrons. The van der Waals surface area contributed by atoms with Gasteiger partial charge in [-0.25, -0.2) is 8.78 Å². The molecule has 6 rings (SSSR count). The predicted octanol–water partition coefficient (Wildman–Crippen LogP) is 11.6. The first-order chi connectivity index (χ1) is 22.5. The van der Waals surface area contributed by atoms with Crippen molar-refractivity contribution in [1.29, 1.82) is 0 Å². The van der Waals surface area contributed by atoms with Gasteiger partial charge in [0.15, 0.2) is 0 Å². The molecule has 0 radical (unpaired) electrons. The number of allylic oxidation sites excluding steroid dienone is 2. The van der Waals surface area contributed by atoms with Crippen molar-refractivity contribution < 1.29 is 8.78 Å². The Morgan fingerprint density at radius 1 is 0.478 bits per heavy atom. The summed E-state index contributed by atoms with van der Waals surface area (Å²) in [6.07, 6.45) is 8.37. The summed E-state index contributed by atoms with van der Waals surface area (Å²) >= 11 is 0. The maximum Gasteiger partial charge on any atom is 0.123 e. The molecular formula is C43H33F2N. The van der Waals surface area contributed by atoms with Gasteiger partial charge >= 0.3 is 0 Å². The molecule has 46 heavy (non-hydrogen) atoms. The van der Waals surface area contributed by atoms with Gasteiger partial charge in [0, 0.05) is 23.1 Å². The molecule has 0 saturated heterocycles. The average molecular weight is 602 g/mol. The number of aryl methyl sites for hydroxylation is 1. The third-order valence-corrected chi connectivity index (χ3v) is 7.77. The largest absolute Gasteiger partial charge is 0.317 e. The summed E-state index contributed by atoms with van der Waals surface area (Å²) in [4.78, 5) is 2.11. The Kier molecular flexibility index (Phi) is 9.41. The SMILES string of the molecule is Cc1ccc(N(C=C(c2ccc(F)cc2)c2ccc(F)cc2)c2ccc(C=CC=C(c3ccccc3)c3ccccc3)cc2)cc1. The highest BCUT2D eigenvalue weighted by Crippen LogP contribution is 2.32. The van der Waals surface area contributed by atoms with E-state index in [0.717, 1.165) is 55.9 Å². The van der Waals surface area contributed by atoms with Crippen LogP contribution in [0, 0.1) is 18.6 Å². The van der Waals surface area contributed by atoms with Gasteiger partial charge in [-0.05, 0) is 88.8 Å². The van der Waals surface area contributed by atoms with E-state index in [1.165, 1.54) is 24.3 Å². The smallest absolute Gasteiger partial charge is 0.123 e. The Morgan fingerprint density at radius 2 is 0.913 bits per heavy atom. The average Bonchev–Trinajstić information content (AvgIpc) is 3.10. The fraction of sp³-hybridized carbons (Fsp3) is 0.0233. The van der Waals surface area contributed by atoms with Gasteiger partial charge in [0.1, 0.15) is 11.6 Å². The zero-order valence-electron chi connectivity index (χ0n) is 25.5. The molecule has 0 aromatic heterocycles. The van der Waals surface area contributed by atoms with Crippen LogP contribution in [0.25, 0.3) is 17.2 Å². The van der Waals surface area contributed by atoms with Crippen molar-refractivity contribution in [3.05, 3.63) is 221 Å². The molecule has 0 saturated carbocycles. The summed E-state index contributed by atoms with van der Waals surface area (Å²) < 4.78 is 27.8. The van der Waals surface area contributed by atoms with Crippen molar-refractivity contribution >= 4 is 28.6 Å². The van der Waals surface area contributed by atoms with Crippen molar-refractivity contribution in [2.45, 2.75) is 6.92 Å².